The van der Waals surface area contributed by atoms with Gasteiger partial charge in [0.15, 0.2) is 0 Å². The fraction of sp³-hybridized carbons (Fsp3) is 0.444. The van der Waals surface area contributed by atoms with Gasteiger partial charge in [0.25, 0.3) is 0 Å². The Balaban J connectivity index is 1.77. The molecule has 3 aromatic rings. The number of aromatic nitrogens is 2. The number of sulfonamides is 1. The van der Waals surface area contributed by atoms with Gasteiger partial charge in [-0.05, 0) is 62.4 Å². The molecule has 0 saturated carbocycles. The summed E-state index contributed by atoms with van der Waals surface area (Å²) < 4.78 is 50.1. The van der Waals surface area contributed by atoms with Gasteiger partial charge >= 0.3 is 0 Å². The number of methoxy groups -OCH3 is 1. The quantitative estimate of drug-likeness (QED) is 0.394. The molecule has 2 aromatic carbocycles. The zero-order chi connectivity index (χ0) is 26.6. The molecule has 0 N–H and O–H groups in total. The van der Waals surface area contributed by atoms with Gasteiger partial charge in [0.05, 0.1) is 23.4 Å². The molecule has 0 spiro atoms. The van der Waals surface area contributed by atoms with E-state index in [-0.39, 0.29) is 17.3 Å². The Labute approximate surface area is 219 Å². The van der Waals surface area contributed by atoms with Gasteiger partial charge < -0.3 is 14.5 Å². The maximum absolute atomic E-state index is 14.2. The van der Waals surface area contributed by atoms with Crippen molar-refractivity contribution in [3.63, 3.8) is 0 Å². The molecule has 1 aromatic heterocycles. The summed E-state index contributed by atoms with van der Waals surface area (Å²) in [5, 5.41) is 4.78. The Kier molecular flexibility index (Phi) is 8.51. The highest BCUT2D eigenvalue weighted by atomic mass is 32.2. The van der Waals surface area contributed by atoms with E-state index in [1.165, 1.54) is 16.4 Å². The standard InChI is InChI=1S/C27H36FN5O3S/c1-5-14-32(37(34,35)25-12-10-24(36-4)11-13-25)20-26-21(3)29-33(23-9-7-8-22(28)19-23)27(26)31-17-15-30(6-2)16-18-31/h7-13,19H,5-6,14-18,20H2,1-4H3. The number of ether oxygens (including phenoxy) is 1. The predicted molar refractivity (Wildman–Crippen MR) is 143 cm³/mol. The second-order valence-corrected chi connectivity index (χ2v) is 11.2. The highest BCUT2D eigenvalue weighted by Crippen LogP contribution is 2.32. The monoisotopic (exact) mass is 529 g/mol. The van der Waals surface area contributed by atoms with Crippen molar-refractivity contribution in [1.29, 1.82) is 0 Å². The average Bonchev–Trinajstić information content (AvgIpc) is 3.24. The van der Waals surface area contributed by atoms with E-state index in [9.17, 15) is 12.8 Å². The molecular weight excluding hydrogens is 493 g/mol. The number of aryl methyl sites for hydroxylation is 1. The minimum atomic E-state index is -3.77. The van der Waals surface area contributed by atoms with Crippen LogP contribution in [0.5, 0.6) is 5.75 Å². The van der Waals surface area contributed by atoms with Crippen molar-refractivity contribution in [1.82, 2.24) is 19.0 Å². The van der Waals surface area contributed by atoms with Gasteiger partial charge in [-0.15, -0.1) is 0 Å². The second-order valence-electron chi connectivity index (χ2n) is 9.21. The molecule has 1 aliphatic heterocycles. The molecule has 2 heterocycles. The number of hydrogen-bond donors (Lipinski definition) is 0. The second kappa shape index (κ2) is 11.6. The van der Waals surface area contributed by atoms with Crippen molar-refractivity contribution >= 4 is 15.8 Å². The van der Waals surface area contributed by atoms with Crippen LogP contribution in [0.3, 0.4) is 0 Å². The molecule has 0 bridgehead atoms. The van der Waals surface area contributed by atoms with Crippen molar-refractivity contribution < 1.29 is 17.5 Å². The first-order valence-corrected chi connectivity index (χ1v) is 14.2. The highest BCUT2D eigenvalue weighted by Gasteiger charge is 2.30. The molecule has 0 radical (unpaired) electrons. The largest absolute Gasteiger partial charge is 0.497 e. The predicted octanol–water partition coefficient (Wildman–Crippen LogP) is 4.07. The minimum Gasteiger partial charge on any atom is -0.497 e. The molecule has 0 atom stereocenters. The summed E-state index contributed by atoms with van der Waals surface area (Å²) in [7, 11) is -2.22. The van der Waals surface area contributed by atoms with Crippen LogP contribution >= 0.6 is 0 Å². The van der Waals surface area contributed by atoms with Crippen molar-refractivity contribution in [2.24, 2.45) is 0 Å². The van der Waals surface area contributed by atoms with E-state index in [0.29, 0.717) is 24.4 Å². The Hall–Kier alpha value is -2.95. The molecule has 200 valence electrons. The maximum Gasteiger partial charge on any atom is 0.243 e. The first-order valence-electron chi connectivity index (χ1n) is 12.7. The van der Waals surface area contributed by atoms with Gasteiger partial charge in [-0.3, -0.25) is 0 Å². The molecule has 4 rings (SSSR count). The molecular formula is C27H36FN5O3S. The van der Waals surface area contributed by atoms with E-state index >= 15 is 0 Å². The molecule has 0 amide bonds. The van der Waals surface area contributed by atoms with Crippen LogP contribution in [-0.4, -0.2) is 73.8 Å². The fourth-order valence-corrected chi connectivity index (χ4v) is 6.23. The summed E-state index contributed by atoms with van der Waals surface area (Å²) >= 11 is 0. The maximum atomic E-state index is 14.2. The topological polar surface area (TPSA) is 70.9 Å². The van der Waals surface area contributed by atoms with Gasteiger partial charge in [-0.25, -0.2) is 17.5 Å². The molecule has 1 saturated heterocycles. The number of nitrogens with zero attached hydrogens (tertiary/aromatic N) is 5. The van der Waals surface area contributed by atoms with E-state index < -0.39 is 10.0 Å². The van der Waals surface area contributed by atoms with Crippen molar-refractivity contribution in [3.05, 3.63) is 65.6 Å². The van der Waals surface area contributed by atoms with Crippen LogP contribution in [-0.2, 0) is 16.6 Å². The van der Waals surface area contributed by atoms with Crippen LogP contribution in [0.1, 0.15) is 31.5 Å². The summed E-state index contributed by atoms with van der Waals surface area (Å²) in [6.07, 6.45) is 0.664. The van der Waals surface area contributed by atoms with Crippen LogP contribution in [0.15, 0.2) is 53.4 Å². The fourth-order valence-electron chi connectivity index (χ4n) is 4.73. The van der Waals surface area contributed by atoms with E-state index in [0.717, 1.165) is 49.8 Å². The number of piperazine rings is 1. The van der Waals surface area contributed by atoms with Crippen molar-refractivity contribution in [3.8, 4) is 11.4 Å². The minimum absolute atomic E-state index is 0.173. The third-order valence-electron chi connectivity index (χ3n) is 6.83. The van der Waals surface area contributed by atoms with Gasteiger partial charge in [0.2, 0.25) is 10.0 Å². The summed E-state index contributed by atoms with van der Waals surface area (Å²) in [6, 6.07) is 12.8. The molecule has 1 aliphatic rings. The molecule has 10 heteroatoms. The number of likely N-dealkylation sites (N-methyl/N-ethyl adjacent to an activating group) is 1. The average molecular weight is 530 g/mol. The Morgan fingerprint density at radius 1 is 1.05 bits per heavy atom. The zero-order valence-corrected chi connectivity index (χ0v) is 22.8. The lowest BCUT2D eigenvalue weighted by atomic mass is 10.2. The first kappa shape index (κ1) is 27.1. The molecule has 1 fully saturated rings. The summed E-state index contributed by atoms with van der Waals surface area (Å²) in [4.78, 5) is 4.84. The van der Waals surface area contributed by atoms with Crippen LogP contribution in [0.2, 0.25) is 0 Å². The normalized spacial score (nSPS) is 14.9. The van der Waals surface area contributed by atoms with Gasteiger partial charge in [-0.2, -0.15) is 9.40 Å². The number of anilines is 1. The summed E-state index contributed by atoms with van der Waals surface area (Å²) in [5.41, 5.74) is 2.17. The van der Waals surface area contributed by atoms with Gasteiger partial charge in [0.1, 0.15) is 17.4 Å². The first-order chi connectivity index (χ1) is 17.8. The summed E-state index contributed by atoms with van der Waals surface area (Å²) in [6.45, 7) is 10.9. The lowest BCUT2D eigenvalue weighted by Gasteiger charge is -2.36. The van der Waals surface area contributed by atoms with Gasteiger partial charge in [0, 0.05) is 44.8 Å². The lowest BCUT2D eigenvalue weighted by Crippen LogP contribution is -2.47. The van der Waals surface area contributed by atoms with Crippen molar-refractivity contribution in [2.75, 3.05) is 51.3 Å². The van der Waals surface area contributed by atoms with E-state index in [1.807, 2.05) is 19.9 Å². The van der Waals surface area contributed by atoms with Crippen LogP contribution < -0.4 is 9.64 Å². The molecule has 0 aliphatic carbocycles. The van der Waals surface area contributed by atoms with Crippen LogP contribution in [0.4, 0.5) is 10.2 Å². The number of hydrogen-bond acceptors (Lipinski definition) is 6. The number of rotatable bonds is 10. The molecule has 37 heavy (non-hydrogen) atoms. The highest BCUT2D eigenvalue weighted by molar-refractivity contribution is 7.89. The Bertz CT molecular complexity index is 1300. The van der Waals surface area contributed by atoms with Gasteiger partial charge in [-0.1, -0.05) is 19.9 Å². The smallest absolute Gasteiger partial charge is 0.243 e. The molecule has 8 nitrogen and oxygen atoms in total. The Morgan fingerprint density at radius 2 is 1.76 bits per heavy atom. The summed E-state index contributed by atoms with van der Waals surface area (Å²) in [5.74, 6) is 1.08. The number of benzene rings is 2. The molecule has 0 unspecified atom stereocenters. The SMILES string of the molecule is CCCN(Cc1c(C)nn(-c2cccc(F)c2)c1N1CCN(CC)CC1)S(=O)(=O)c1ccc(OC)cc1. The number of halogens is 1. The van der Waals surface area contributed by atoms with Crippen LogP contribution in [0.25, 0.3) is 5.69 Å². The zero-order valence-electron chi connectivity index (χ0n) is 22.0. The van der Waals surface area contributed by atoms with E-state index in [4.69, 9.17) is 9.84 Å². The third-order valence-corrected chi connectivity index (χ3v) is 8.69. The van der Waals surface area contributed by atoms with E-state index in [2.05, 4.69) is 16.7 Å². The Morgan fingerprint density at radius 3 is 2.35 bits per heavy atom. The lowest BCUT2D eigenvalue weighted by molar-refractivity contribution is 0.269. The van der Waals surface area contributed by atoms with Crippen LogP contribution in [0, 0.1) is 12.7 Å². The third kappa shape index (κ3) is 5.81. The van der Waals surface area contributed by atoms with E-state index in [1.54, 1.807) is 42.1 Å². The van der Waals surface area contributed by atoms with Crippen molar-refractivity contribution in [2.45, 2.75) is 38.6 Å².